The molecule has 1 aliphatic carbocycles. The van der Waals surface area contributed by atoms with Gasteiger partial charge in [-0.25, -0.2) is 0 Å². The number of rotatable bonds is 2. The standard InChI is InChI=1S/C15H21ClN2O/c1-9-5-4-6-14(11(9)3)18-15(19)12-8-17-10(2)7-13(12)16/h7-9,11,14H,4-6H2,1-3H3,(H,18,19). The number of hydrogen-bond donors (Lipinski definition) is 1. The highest BCUT2D eigenvalue weighted by atomic mass is 35.5. The van der Waals surface area contributed by atoms with Crippen molar-refractivity contribution in [2.45, 2.75) is 46.1 Å². The Hall–Kier alpha value is -1.09. The van der Waals surface area contributed by atoms with Crippen LogP contribution in [-0.4, -0.2) is 16.9 Å². The van der Waals surface area contributed by atoms with Crippen LogP contribution in [0.3, 0.4) is 0 Å². The zero-order valence-electron chi connectivity index (χ0n) is 11.7. The molecule has 19 heavy (non-hydrogen) atoms. The van der Waals surface area contributed by atoms with Crippen LogP contribution in [0.1, 0.15) is 49.2 Å². The fraction of sp³-hybridized carbons (Fsp3) is 0.600. The number of carbonyl (C=O) groups is 1. The number of aryl methyl sites for hydroxylation is 1. The molecule has 1 aromatic rings. The van der Waals surface area contributed by atoms with Crippen LogP contribution < -0.4 is 5.32 Å². The van der Waals surface area contributed by atoms with Gasteiger partial charge in [-0.2, -0.15) is 0 Å². The lowest BCUT2D eigenvalue weighted by Gasteiger charge is -2.34. The van der Waals surface area contributed by atoms with Crippen molar-refractivity contribution >= 4 is 17.5 Å². The fourth-order valence-electron chi connectivity index (χ4n) is 2.73. The summed E-state index contributed by atoms with van der Waals surface area (Å²) in [5, 5.41) is 3.59. The summed E-state index contributed by atoms with van der Waals surface area (Å²) in [6.45, 7) is 6.33. The van der Waals surface area contributed by atoms with Crippen molar-refractivity contribution in [1.82, 2.24) is 10.3 Å². The summed E-state index contributed by atoms with van der Waals surface area (Å²) < 4.78 is 0. The average Bonchev–Trinajstić information content (AvgIpc) is 2.34. The fourth-order valence-corrected chi connectivity index (χ4v) is 3.02. The van der Waals surface area contributed by atoms with E-state index in [9.17, 15) is 4.79 Å². The highest BCUT2D eigenvalue weighted by Crippen LogP contribution is 2.29. The van der Waals surface area contributed by atoms with Gasteiger partial charge < -0.3 is 5.32 Å². The first-order chi connectivity index (χ1) is 8.99. The summed E-state index contributed by atoms with van der Waals surface area (Å²) in [4.78, 5) is 16.4. The molecule has 0 radical (unpaired) electrons. The molecular formula is C15H21ClN2O. The minimum absolute atomic E-state index is 0.108. The Kier molecular flexibility index (Phi) is 4.46. The molecule has 4 heteroatoms. The molecule has 1 fully saturated rings. The predicted molar refractivity (Wildman–Crippen MR) is 77.4 cm³/mol. The van der Waals surface area contributed by atoms with Crippen LogP contribution in [0, 0.1) is 18.8 Å². The van der Waals surface area contributed by atoms with Crippen molar-refractivity contribution in [3.05, 3.63) is 28.5 Å². The average molecular weight is 281 g/mol. The van der Waals surface area contributed by atoms with E-state index in [1.165, 1.54) is 12.8 Å². The van der Waals surface area contributed by atoms with Crippen LogP contribution in [-0.2, 0) is 0 Å². The Balaban J connectivity index is 2.08. The maximum absolute atomic E-state index is 12.3. The number of carbonyl (C=O) groups excluding carboxylic acids is 1. The molecule has 1 heterocycles. The summed E-state index contributed by atoms with van der Waals surface area (Å²) in [7, 11) is 0. The van der Waals surface area contributed by atoms with Crippen LogP contribution in [0.25, 0.3) is 0 Å². The first-order valence-corrected chi connectivity index (χ1v) is 7.30. The Morgan fingerprint density at radius 1 is 1.42 bits per heavy atom. The van der Waals surface area contributed by atoms with E-state index in [0.717, 1.165) is 12.1 Å². The van der Waals surface area contributed by atoms with Gasteiger partial charge in [-0.05, 0) is 31.2 Å². The second kappa shape index (κ2) is 5.91. The van der Waals surface area contributed by atoms with E-state index in [0.29, 0.717) is 22.4 Å². The molecule has 104 valence electrons. The Morgan fingerprint density at radius 2 is 2.16 bits per heavy atom. The second-order valence-electron chi connectivity index (χ2n) is 5.65. The van der Waals surface area contributed by atoms with Gasteiger partial charge in [-0.1, -0.05) is 38.3 Å². The monoisotopic (exact) mass is 280 g/mol. The zero-order chi connectivity index (χ0) is 14.0. The maximum atomic E-state index is 12.3. The minimum Gasteiger partial charge on any atom is -0.349 e. The lowest BCUT2D eigenvalue weighted by Crippen LogP contribution is -2.43. The van der Waals surface area contributed by atoms with Gasteiger partial charge in [0.2, 0.25) is 0 Å². The van der Waals surface area contributed by atoms with E-state index >= 15 is 0 Å². The molecule has 2 rings (SSSR count). The van der Waals surface area contributed by atoms with Crippen molar-refractivity contribution in [2.24, 2.45) is 11.8 Å². The highest BCUT2D eigenvalue weighted by molar-refractivity contribution is 6.33. The molecule has 0 saturated heterocycles. The van der Waals surface area contributed by atoms with Crippen LogP contribution >= 0.6 is 11.6 Å². The van der Waals surface area contributed by atoms with Crippen molar-refractivity contribution in [1.29, 1.82) is 0 Å². The molecule has 0 aliphatic heterocycles. The van der Waals surface area contributed by atoms with Crippen molar-refractivity contribution in [3.8, 4) is 0 Å². The largest absolute Gasteiger partial charge is 0.349 e. The molecule has 3 nitrogen and oxygen atoms in total. The van der Waals surface area contributed by atoms with E-state index in [1.54, 1.807) is 12.3 Å². The van der Waals surface area contributed by atoms with Crippen LogP contribution in [0.2, 0.25) is 5.02 Å². The topological polar surface area (TPSA) is 42.0 Å². The van der Waals surface area contributed by atoms with Crippen LogP contribution in [0.4, 0.5) is 0 Å². The molecule has 0 bridgehead atoms. The maximum Gasteiger partial charge on any atom is 0.254 e. The SMILES string of the molecule is Cc1cc(Cl)c(C(=O)NC2CCCC(C)C2C)cn1. The van der Waals surface area contributed by atoms with E-state index < -0.39 is 0 Å². The Bertz CT molecular complexity index is 475. The van der Waals surface area contributed by atoms with Gasteiger partial charge >= 0.3 is 0 Å². The normalized spacial score (nSPS) is 27.1. The summed E-state index contributed by atoms with van der Waals surface area (Å²) in [6.07, 6.45) is 5.04. The lowest BCUT2D eigenvalue weighted by atomic mass is 9.78. The van der Waals surface area contributed by atoms with E-state index in [4.69, 9.17) is 11.6 Å². The quantitative estimate of drug-likeness (QED) is 0.899. The molecular weight excluding hydrogens is 260 g/mol. The van der Waals surface area contributed by atoms with Gasteiger partial charge in [0.1, 0.15) is 0 Å². The molecule has 1 amide bonds. The Labute approximate surface area is 119 Å². The molecule has 1 aliphatic rings. The van der Waals surface area contributed by atoms with Gasteiger partial charge in [-0.15, -0.1) is 0 Å². The van der Waals surface area contributed by atoms with Gasteiger partial charge in [0.15, 0.2) is 0 Å². The summed E-state index contributed by atoms with van der Waals surface area (Å²) in [5.41, 5.74) is 1.29. The van der Waals surface area contributed by atoms with E-state index in [-0.39, 0.29) is 11.9 Å². The molecule has 3 unspecified atom stereocenters. The van der Waals surface area contributed by atoms with Crippen molar-refractivity contribution in [3.63, 3.8) is 0 Å². The number of halogens is 1. The minimum atomic E-state index is -0.108. The van der Waals surface area contributed by atoms with Gasteiger partial charge in [0.05, 0.1) is 10.6 Å². The molecule has 1 aromatic heterocycles. The van der Waals surface area contributed by atoms with E-state index in [1.807, 2.05) is 6.92 Å². The summed E-state index contributed by atoms with van der Waals surface area (Å²) >= 11 is 6.11. The van der Waals surface area contributed by atoms with Gasteiger partial charge in [0, 0.05) is 17.9 Å². The smallest absolute Gasteiger partial charge is 0.254 e. The first-order valence-electron chi connectivity index (χ1n) is 6.92. The molecule has 0 spiro atoms. The number of aromatic nitrogens is 1. The van der Waals surface area contributed by atoms with Gasteiger partial charge in [-0.3, -0.25) is 9.78 Å². The number of nitrogens with one attached hydrogen (secondary N) is 1. The third kappa shape index (κ3) is 3.27. The number of hydrogen-bond acceptors (Lipinski definition) is 2. The summed E-state index contributed by atoms with van der Waals surface area (Å²) in [6, 6.07) is 1.97. The van der Waals surface area contributed by atoms with Crippen molar-refractivity contribution < 1.29 is 4.79 Å². The third-order valence-corrected chi connectivity index (χ3v) is 4.57. The number of pyridine rings is 1. The summed E-state index contributed by atoms with van der Waals surface area (Å²) in [5.74, 6) is 1.06. The molecule has 1 N–H and O–H groups in total. The molecule has 1 saturated carbocycles. The third-order valence-electron chi connectivity index (χ3n) is 4.26. The predicted octanol–water partition coefficient (Wildman–Crippen LogP) is 3.60. The zero-order valence-corrected chi connectivity index (χ0v) is 12.5. The number of nitrogens with zero attached hydrogens (tertiary/aromatic N) is 1. The van der Waals surface area contributed by atoms with Crippen LogP contribution in [0.15, 0.2) is 12.3 Å². The molecule has 3 atom stereocenters. The highest BCUT2D eigenvalue weighted by Gasteiger charge is 2.28. The number of amides is 1. The lowest BCUT2D eigenvalue weighted by molar-refractivity contribution is 0.0891. The van der Waals surface area contributed by atoms with E-state index in [2.05, 4.69) is 24.1 Å². The van der Waals surface area contributed by atoms with Crippen LogP contribution in [0.5, 0.6) is 0 Å². The first kappa shape index (κ1) is 14.3. The second-order valence-corrected chi connectivity index (χ2v) is 6.06. The Morgan fingerprint density at radius 3 is 2.84 bits per heavy atom. The van der Waals surface area contributed by atoms with Gasteiger partial charge in [0.25, 0.3) is 5.91 Å². The van der Waals surface area contributed by atoms with Crippen molar-refractivity contribution in [2.75, 3.05) is 0 Å². The molecule has 0 aromatic carbocycles.